The van der Waals surface area contributed by atoms with Gasteiger partial charge >= 0.3 is 6.61 Å². The second-order valence-corrected chi connectivity index (χ2v) is 7.09. The number of hydrogen-bond acceptors (Lipinski definition) is 4. The summed E-state index contributed by atoms with van der Waals surface area (Å²) in [7, 11) is 0. The number of benzene rings is 2. The number of amides is 1. The third-order valence-electron chi connectivity index (χ3n) is 4.44. The van der Waals surface area contributed by atoms with Crippen LogP contribution in [0.1, 0.15) is 16.1 Å². The standard InChI is InChI=1S/C21H15ClF3N5O2/c22-17-7-14(23)4-1-13(17)10-30-11-15(9-26-30)27-20(31)19-8-18(28-29-19)12-2-5-16(6-3-12)32-21(24)25/h1-9,11,21H,10H2,(H,27,31)(H,28,29). The lowest BCUT2D eigenvalue weighted by atomic mass is 10.1. The number of carbonyl (C=O) groups is 1. The zero-order valence-corrected chi connectivity index (χ0v) is 17.0. The van der Waals surface area contributed by atoms with Gasteiger partial charge in [0.25, 0.3) is 5.91 Å². The molecule has 0 saturated carbocycles. The van der Waals surface area contributed by atoms with Gasteiger partial charge in [0, 0.05) is 16.8 Å². The highest BCUT2D eigenvalue weighted by Gasteiger charge is 2.13. The molecule has 0 radical (unpaired) electrons. The number of aromatic nitrogens is 4. The van der Waals surface area contributed by atoms with Gasteiger partial charge in [0.15, 0.2) is 0 Å². The molecular weight excluding hydrogens is 447 g/mol. The van der Waals surface area contributed by atoms with Crippen molar-refractivity contribution in [1.29, 1.82) is 0 Å². The van der Waals surface area contributed by atoms with Crippen LogP contribution in [0, 0.1) is 5.82 Å². The average Bonchev–Trinajstić information content (AvgIpc) is 3.40. The molecule has 1 amide bonds. The number of hydrogen-bond donors (Lipinski definition) is 2. The van der Waals surface area contributed by atoms with Crippen LogP contribution < -0.4 is 10.1 Å². The van der Waals surface area contributed by atoms with Crippen molar-refractivity contribution in [2.45, 2.75) is 13.2 Å². The van der Waals surface area contributed by atoms with E-state index in [-0.39, 0.29) is 16.5 Å². The third-order valence-corrected chi connectivity index (χ3v) is 4.79. The minimum absolute atomic E-state index is 0.0242. The molecule has 0 unspecified atom stereocenters. The number of aromatic amines is 1. The molecule has 0 aliphatic rings. The van der Waals surface area contributed by atoms with Gasteiger partial charge in [-0.2, -0.15) is 19.0 Å². The minimum atomic E-state index is -2.90. The van der Waals surface area contributed by atoms with E-state index in [2.05, 4.69) is 25.3 Å². The lowest BCUT2D eigenvalue weighted by molar-refractivity contribution is -0.0498. The molecule has 2 heterocycles. The van der Waals surface area contributed by atoms with Crippen molar-refractivity contribution < 1.29 is 22.7 Å². The molecule has 0 aliphatic heterocycles. The van der Waals surface area contributed by atoms with Gasteiger partial charge in [-0.1, -0.05) is 17.7 Å². The molecule has 164 valence electrons. The van der Waals surface area contributed by atoms with E-state index in [9.17, 15) is 18.0 Å². The molecule has 0 bridgehead atoms. The second kappa shape index (κ2) is 9.15. The SMILES string of the molecule is O=C(Nc1cnn(Cc2ccc(F)cc2Cl)c1)c1cc(-c2ccc(OC(F)F)cc2)n[nH]1. The number of halogens is 4. The number of rotatable bonds is 7. The fourth-order valence-corrected chi connectivity index (χ4v) is 3.16. The Hall–Kier alpha value is -3.79. The van der Waals surface area contributed by atoms with Crippen molar-refractivity contribution >= 4 is 23.2 Å². The summed E-state index contributed by atoms with van der Waals surface area (Å²) >= 11 is 6.03. The third kappa shape index (κ3) is 5.09. The first-order chi connectivity index (χ1) is 15.4. The van der Waals surface area contributed by atoms with E-state index in [1.54, 1.807) is 29.1 Å². The molecule has 4 aromatic rings. The Kier molecular flexibility index (Phi) is 6.13. The van der Waals surface area contributed by atoms with Crippen LogP contribution >= 0.6 is 11.6 Å². The predicted octanol–water partition coefficient (Wildman–Crippen LogP) is 4.97. The Morgan fingerprint density at radius 2 is 1.97 bits per heavy atom. The van der Waals surface area contributed by atoms with Crippen molar-refractivity contribution in [3.63, 3.8) is 0 Å². The van der Waals surface area contributed by atoms with Gasteiger partial charge in [0.05, 0.1) is 24.1 Å². The Morgan fingerprint density at radius 3 is 2.69 bits per heavy atom. The first-order valence-electron chi connectivity index (χ1n) is 9.26. The number of H-pyrrole nitrogens is 1. The largest absolute Gasteiger partial charge is 0.435 e. The molecule has 32 heavy (non-hydrogen) atoms. The monoisotopic (exact) mass is 461 g/mol. The summed E-state index contributed by atoms with van der Waals surface area (Å²) < 4.78 is 43.5. The van der Waals surface area contributed by atoms with Crippen molar-refractivity contribution in [3.05, 3.63) is 83.0 Å². The van der Waals surface area contributed by atoms with Gasteiger partial charge in [-0.25, -0.2) is 4.39 Å². The van der Waals surface area contributed by atoms with Crippen molar-refractivity contribution in [1.82, 2.24) is 20.0 Å². The van der Waals surface area contributed by atoms with Crippen molar-refractivity contribution in [3.8, 4) is 17.0 Å². The molecule has 2 aromatic heterocycles. The number of carbonyl (C=O) groups excluding carboxylic acids is 1. The topological polar surface area (TPSA) is 84.8 Å². The van der Waals surface area contributed by atoms with Crippen LogP contribution in [0.4, 0.5) is 18.9 Å². The van der Waals surface area contributed by atoms with Crippen LogP contribution in [0.3, 0.4) is 0 Å². The van der Waals surface area contributed by atoms with Crippen molar-refractivity contribution in [2.75, 3.05) is 5.32 Å². The molecule has 7 nitrogen and oxygen atoms in total. The molecule has 2 N–H and O–H groups in total. The molecule has 0 spiro atoms. The Bertz CT molecular complexity index is 1240. The number of nitrogens with zero attached hydrogens (tertiary/aromatic N) is 3. The fraction of sp³-hybridized carbons (Fsp3) is 0.0952. The average molecular weight is 462 g/mol. The number of nitrogens with one attached hydrogen (secondary N) is 2. The maximum absolute atomic E-state index is 13.2. The number of anilines is 1. The molecule has 0 saturated heterocycles. The van der Waals surface area contributed by atoms with E-state index in [4.69, 9.17) is 11.6 Å². The number of ether oxygens (including phenoxy) is 1. The van der Waals surface area contributed by atoms with Gasteiger partial charge < -0.3 is 10.1 Å². The summed E-state index contributed by atoms with van der Waals surface area (Å²) in [4.78, 5) is 12.5. The van der Waals surface area contributed by atoms with Gasteiger partial charge in [-0.15, -0.1) is 0 Å². The van der Waals surface area contributed by atoms with Gasteiger partial charge in [-0.3, -0.25) is 14.6 Å². The maximum atomic E-state index is 13.2. The zero-order chi connectivity index (χ0) is 22.7. The van der Waals surface area contributed by atoms with Crippen molar-refractivity contribution in [2.24, 2.45) is 0 Å². The highest BCUT2D eigenvalue weighted by Crippen LogP contribution is 2.23. The first-order valence-corrected chi connectivity index (χ1v) is 9.63. The van der Waals surface area contributed by atoms with Gasteiger partial charge in [0.1, 0.15) is 17.3 Å². The van der Waals surface area contributed by atoms with E-state index < -0.39 is 18.3 Å². The van der Waals surface area contributed by atoms with E-state index in [0.29, 0.717) is 29.1 Å². The summed E-state index contributed by atoms with van der Waals surface area (Å²) in [5, 5.41) is 13.9. The number of alkyl halides is 2. The van der Waals surface area contributed by atoms with E-state index in [1.165, 1.54) is 36.5 Å². The van der Waals surface area contributed by atoms with E-state index in [0.717, 1.165) is 0 Å². The molecular formula is C21H15ClF3N5O2. The Balaban J connectivity index is 1.40. The predicted molar refractivity (Wildman–Crippen MR) is 111 cm³/mol. The molecule has 4 rings (SSSR count). The van der Waals surface area contributed by atoms with Crippen LogP contribution in [0.15, 0.2) is 60.9 Å². The summed E-state index contributed by atoms with van der Waals surface area (Å²) in [6.45, 7) is -2.60. The summed E-state index contributed by atoms with van der Waals surface area (Å²) in [6, 6.07) is 11.5. The smallest absolute Gasteiger partial charge is 0.387 e. The van der Waals surface area contributed by atoms with Crippen LogP contribution in [-0.2, 0) is 6.54 Å². The van der Waals surface area contributed by atoms with E-state index >= 15 is 0 Å². The van der Waals surface area contributed by atoms with Crippen LogP contribution in [0.5, 0.6) is 5.75 Å². The quantitative estimate of drug-likeness (QED) is 0.407. The second-order valence-electron chi connectivity index (χ2n) is 6.69. The Labute approximate surface area is 184 Å². The lowest BCUT2D eigenvalue weighted by Gasteiger charge is -2.04. The molecule has 0 aliphatic carbocycles. The van der Waals surface area contributed by atoms with Crippen LogP contribution in [0.2, 0.25) is 5.02 Å². The van der Waals surface area contributed by atoms with Gasteiger partial charge in [0.2, 0.25) is 0 Å². The molecule has 0 atom stereocenters. The lowest BCUT2D eigenvalue weighted by Crippen LogP contribution is -2.11. The molecule has 0 fully saturated rings. The summed E-state index contributed by atoms with van der Waals surface area (Å²) in [5.41, 5.74) is 2.39. The van der Waals surface area contributed by atoms with Gasteiger partial charge in [-0.05, 0) is 48.0 Å². The minimum Gasteiger partial charge on any atom is -0.435 e. The maximum Gasteiger partial charge on any atom is 0.387 e. The fourth-order valence-electron chi connectivity index (χ4n) is 2.93. The van der Waals surface area contributed by atoms with Crippen LogP contribution in [-0.4, -0.2) is 32.5 Å². The Morgan fingerprint density at radius 1 is 1.19 bits per heavy atom. The zero-order valence-electron chi connectivity index (χ0n) is 16.2. The van der Waals surface area contributed by atoms with E-state index in [1.807, 2.05) is 0 Å². The summed E-state index contributed by atoms with van der Waals surface area (Å²) in [5.74, 6) is -0.847. The summed E-state index contributed by atoms with van der Waals surface area (Å²) in [6.07, 6.45) is 3.07. The molecule has 11 heteroatoms. The molecule has 2 aromatic carbocycles. The first kappa shape index (κ1) is 21.4. The highest BCUT2D eigenvalue weighted by atomic mass is 35.5. The normalized spacial score (nSPS) is 11.0. The highest BCUT2D eigenvalue weighted by molar-refractivity contribution is 6.31. The van der Waals surface area contributed by atoms with Crippen LogP contribution in [0.25, 0.3) is 11.3 Å².